The molecular formula is C15H30N2O4. The molecule has 0 aromatic carbocycles. The van der Waals surface area contributed by atoms with E-state index in [1.165, 1.54) is 13.8 Å². The van der Waals surface area contributed by atoms with E-state index in [1.54, 1.807) is 0 Å². The number of ether oxygens (including phenoxy) is 2. The van der Waals surface area contributed by atoms with Crippen molar-refractivity contribution in [3.63, 3.8) is 0 Å². The maximum atomic E-state index is 10.8. The lowest BCUT2D eigenvalue weighted by Crippen LogP contribution is -2.39. The molecule has 0 aliphatic heterocycles. The van der Waals surface area contributed by atoms with Crippen LogP contribution >= 0.6 is 0 Å². The highest BCUT2D eigenvalue weighted by Gasteiger charge is 2.25. The number of rotatable bonds is 10. The summed E-state index contributed by atoms with van der Waals surface area (Å²) < 4.78 is 11.6. The Balaban J connectivity index is 3.97. The molecule has 2 N–H and O–H groups in total. The minimum Gasteiger partial charge on any atom is -0.373 e. The number of hydrogen-bond acceptors (Lipinski definition) is 4. The first kappa shape index (κ1) is 19.9. The summed E-state index contributed by atoms with van der Waals surface area (Å²) in [5.74, 6) is -0.0980. The van der Waals surface area contributed by atoms with Gasteiger partial charge >= 0.3 is 0 Å². The van der Waals surface area contributed by atoms with E-state index in [0.29, 0.717) is 26.3 Å². The van der Waals surface area contributed by atoms with Gasteiger partial charge in [0.2, 0.25) is 11.8 Å². The minimum absolute atomic E-state index is 0.0348. The monoisotopic (exact) mass is 302 g/mol. The Morgan fingerprint density at radius 2 is 1.38 bits per heavy atom. The van der Waals surface area contributed by atoms with Crippen molar-refractivity contribution in [3.05, 3.63) is 0 Å². The first-order valence-electron chi connectivity index (χ1n) is 7.31. The van der Waals surface area contributed by atoms with Crippen molar-refractivity contribution in [1.82, 2.24) is 10.6 Å². The predicted octanol–water partition coefficient (Wildman–Crippen LogP) is 1.24. The van der Waals surface area contributed by atoms with Crippen LogP contribution in [0.25, 0.3) is 0 Å². The molecule has 6 heteroatoms. The number of hydrogen-bond donors (Lipinski definition) is 2. The molecule has 6 nitrogen and oxygen atoms in total. The molecule has 0 radical (unpaired) electrons. The fourth-order valence-electron chi connectivity index (χ4n) is 1.58. The van der Waals surface area contributed by atoms with Crippen LogP contribution in [0.5, 0.6) is 0 Å². The van der Waals surface area contributed by atoms with E-state index in [1.807, 2.05) is 27.7 Å². The summed E-state index contributed by atoms with van der Waals surface area (Å²) in [6.45, 7) is 12.8. The minimum atomic E-state index is -0.427. The van der Waals surface area contributed by atoms with Gasteiger partial charge in [0.05, 0.1) is 24.4 Å². The fourth-order valence-corrected chi connectivity index (χ4v) is 1.58. The van der Waals surface area contributed by atoms with Crippen LogP contribution in [-0.4, -0.2) is 49.3 Å². The van der Waals surface area contributed by atoms with Gasteiger partial charge in [-0.3, -0.25) is 9.59 Å². The van der Waals surface area contributed by atoms with Gasteiger partial charge in [-0.25, -0.2) is 0 Å². The van der Waals surface area contributed by atoms with Crippen LogP contribution in [0, 0.1) is 0 Å². The molecule has 0 aromatic heterocycles. The van der Waals surface area contributed by atoms with Gasteiger partial charge in [-0.15, -0.1) is 0 Å². The zero-order valence-corrected chi connectivity index (χ0v) is 14.2. The van der Waals surface area contributed by atoms with Crippen molar-refractivity contribution in [1.29, 1.82) is 0 Å². The van der Waals surface area contributed by atoms with Crippen molar-refractivity contribution >= 4 is 11.8 Å². The third kappa shape index (κ3) is 12.3. The van der Waals surface area contributed by atoms with Crippen LogP contribution in [0.1, 0.15) is 48.0 Å². The van der Waals surface area contributed by atoms with Crippen molar-refractivity contribution in [2.24, 2.45) is 0 Å². The second kappa shape index (κ2) is 9.00. The summed E-state index contributed by atoms with van der Waals surface area (Å²) in [6.07, 6.45) is 0.731. The van der Waals surface area contributed by atoms with Gasteiger partial charge in [0.15, 0.2) is 0 Å². The van der Waals surface area contributed by atoms with Crippen LogP contribution in [-0.2, 0) is 19.1 Å². The molecule has 0 unspecified atom stereocenters. The highest BCUT2D eigenvalue weighted by atomic mass is 16.6. The molecule has 0 saturated carbocycles. The number of nitrogens with one attached hydrogen (secondary N) is 2. The average molecular weight is 302 g/mol. The van der Waals surface area contributed by atoms with E-state index < -0.39 is 5.60 Å². The predicted molar refractivity (Wildman–Crippen MR) is 82.0 cm³/mol. The van der Waals surface area contributed by atoms with Gasteiger partial charge < -0.3 is 20.1 Å². The molecule has 0 atom stereocenters. The smallest absolute Gasteiger partial charge is 0.216 e. The zero-order chi connectivity index (χ0) is 16.5. The molecule has 0 rings (SSSR count). The molecule has 0 saturated heterocycles. The van der Waals surface area contributed by atoms with E-state index >= 15 is 0 Å². The van der Waals surface area contributed by atoms with E-state index in [2.05, 4.69) is 10.6 Å². The van der Waals surface area contributed by atoms with Gasteiger partial charge in [0.1, 0.15) is 0 Å². The van der Waals surface area contributed by atoms with Gasteiger partial charge in [0, 0.05) is 26.9 Å². The van der Waals surface area contributed by atoms with E-state index in [0.717, 1.165) is 6.42 Å². The van der Waals surface area contributed by atoms with E-state index in [9.17, 15) is 9.59 Å². The lowest BCUT2D eigenvalue weighted by atomic mass is 10.0. The zero-order valence-electron chi connectivity index (χ0n) is 14.2. The summed E-state index contributed by atoms with van der Waals surface area (Å²) in [7, 11) is 0. The van der Waals surface area contributed by atoms with Gasteiger partial charge in [0.25, 0.3) is 0 Å². The summed E-state index contributed by atoms with van der Waals surface area (Å²) in [4.78, 5) is 21.6. The quantitative estimate of drug-likeness (QED) is 0.595. The maximum Gasteiger partial charge on any atom is 0.216 e. The van der Waals surface area contributed by atoms with Crippen LogP contribution in [0.3, 0.4) is 0 Å². The molecule has 21 heavy (non-hydrogen) atoms. The summed E-state index contributed by atoms with van der Waals surface area (Å²) >= 11 is 0. The SMILES string of the molecule is CC(=O)NCCOC(C)(C)COC(C)(C)CCNC(C)=O. The Morgan fingerprint density at radius 1 is 0.857 bits per heavy atom. The maximum absolute atomic E-state index is 10.8. The van der Waals surface area contributed by atoms with Crippen molar-refractivity contribution < 1.29 is 19.1 Å². The Morgan fingerprint density at radius 3 is 1.90 bits per heavy atom. The summed E-state index contributed by atoms with van der Waals surface area (Å²) in [5.41, 5.74) is -0.759. The second-order valence-electron chi connectivity index (χ2n) is 6.37. The van der Waals surface area contributed by atoms with Crippen LogP contribution in [0.4, 0.5) is 0 Å². The highest BCUT2D eigenvalue weighted by Crippen LogP contribution is 2.18. The third-order valence-electron chi connectivity index (χ3n) is 2.88. The molecular weight excluding hydrogens is 272 g/mol. The number of carbonyl (C=O) groups is 2. The third-order valence-corrected chi connectivity index (χ3v) is 2.88. The van der Waals surface area contributed by atoms with Gasteiger partial charge in [-0.1, -0.05) is 0 Å². The van der Waals surface area contributed by atoms with E-state index in [-0.39, 0.29) is 17.4 Å². The summed E-state index contributed by atoms with van der Waals surface area (Å²) in [5, 5.41) is 5.44. The Bertz CT molecular complexity index is 341. The highest BCUT2D eigenvalue weighted by molar-refractivity contribution is 5.73. The van der Waals surface area contributed by atoms with Crippen LogP contribution in [0.15, 0.2) is 0 Å². The molecule has 0 fully saturated rings. The van der Waals surface area contributed by atoms with Gasteiger partial charge in [-0.2, -0.15) is 0 Å². The van der Waals surface area contributed by atoms with Crippen molar-refractivity contribution in [3.8, 4) is 0 Å². The molecule has 0 aliphatic carbocycles. The van der Waals surface area contributed by atoms with E-state index in [4.69, 9.17) is 9.47 Å². The first-order chi connectivity index (χ1) is 9.54. The standard InChI is InChI=1S/C15H30N2O4/c1-12(18)16-8-7-14(3,4)21-11-15(5,6)20-10-9-17-13(2)19/h7-11H2,1-6H3,(H,16,18)(H,17,19). The van der Waals surface area contributed by atoms with Crippen LogP contribution < -0.4 is 10.6 Å². The van der Waals surface area contributed by atoms with Gasteiger partial charge in [-0.05, 0) is 34.1 Å². The number of amides is 2. The topological polar surface area (TPSA) is 76.7 Å². The summed E-state index contributed by atoms with van der Waals surface area (Å²) in [6, 6.07) is 0. The molecule has 0 aliphatic rings. The molecule has 0 bridgehead atoms. The molecule has 0 aromatic rings. The molecule has 0 heterocycles. The fraction of sp³-hybridized carbons (Fsp3) is 0.867. The molecule has 0 spiro atoms. The molecule has 124 valence electrons. The lowest BCUT2D eigenvalue weighted by molar-refractivity contribution is -0.126. The number of carbonyl (C=O) groups excluding carboxylic acids is 2. The Kier molecular flexibility index (Phi) is 8.51. The Hall–Kier alpha value is -1.14. The average Bonchev–Trinajstić information content (AvgIpc) is 2.32. The second-order valence-corrected chi connectivity index (χ2v) is 6.37. The van der Waals surface area contributed by atoms with Crippen molar-refractivity contribution in [2.45, 2.75) is 59.2 Å². The normalized spacial score (nSPS) is 12.1. The lowest BCUT2D eigenvalue weighted by Gasteiger charge is -2.32. The van der Waals surface area contributed by atoms with Crippen LogP contribution in [0.2, 0.25) is 0 Å². The van der Waals surface area contributed by atoms with Crippen molar-refractivity contribution in [2.75, 3.05) is 26.3 Å². The molecule has 2 amide bonds. The Labute approximate surface area is 127 Å². The largest absolute Gasteiger partial charge is 0.373 e. The first-order valence-corrected chi connectivity index (χ1v) is 7.31.